The van der Waals surface area contributed by atoms with Crippen LogP contribution in [-0.2, 0) is 21.6 Å². The molecule has 1 saturated carbocycles. The van der Waals surface area contributed by atoms with E-state index in [-0.39, 0.29) is 17.8 Å². The van der Waals surface area contributed by atoms with E-state index in [0.717, 1.165) is 18.6 Å². The highest BCUT2D eigenvalue weighted by atomic mass is 19.2. The van der Waals surface area contributed by atoms with Crippen LogP contribution >= 0.6 is 0 Å². The molecule has 0 radical (unpaired) electrons. The number of aliphatic hydroxyl groups is 3. The lowest BCUT2D eigenvalue weighted by atomic mass is 9.78. The van der Waals surface area contributed by atoms with Gasteiger partial charge in [0.2, 0.25) is 0 Å². The zero-order valence-electron chi connectivity index (χ0n) is 19.2. The molecule has 2 fully saturated rings. The maximum absolute atomic E-state index is 13.7. The fourth-order valence-electron chi connectivity index (χ4n) is 4.72. The lowest BCUT2D eigenvalue weighted by molar-refractivity contribution is -0.216. The third-order valence-corrected chi connectivity index (χ3v) is 6.89. The molecule has 1 aliphatic carbocycles. The molecular weight excluding hydrogens is 485 g/mol. The fraction of sp³-hybridized carbons (Fsp3) is 0.545. The van der Waals surface area contributed by atoms with Crippen molar-refractivity contribution in [1.29, 1.82) is 0 Å². The number of benzene rings is 1. The monoisotopic (exact) mass is 510 g/mol. The lowest BCUT2D eigenvalue weighted by Crippen LogP contribution is -2.57. The first-order valence-electron chi connectivity index (χ1n) is 11.4. The van der Waals surface area contributed by atoms with Crippen LogP contribution in [0.4, 0.5) is 13.2 Å². The Morgan fingerprint density at radius 2 is 1.83 bits per heavy atom. The van der Waals surface area contributed by atoms with E-state index < -0.39 is 60.1 Å². The molecule has 0 unspecified atom stereocenters. The van der Waals surface area contributed by atoms with Crippen LogP contribution in [0.25, 0.3) is 11.3 Å². The normalized spacial score (nSPS) is 27.7. The van der Waals surface area contributed by atoms with Gasteiger partial charge in [0.15, 0.2) is 17.5 Å². The molecule has 3 heterocycles. The summed E-state index contributed by atoms with van der Waals surface area (Å²) in [5.74, 6) is -4.35. The minimum absolute atomic E-state index is 0.0353. The number of halogens is 3. The predicted molar refractivity (Wildman–Crippen MR) is 115 cm³/mol. The molecule has 0 spiro atoms. The highest BCUT2D eigenvalue weighted by molar-refractivity contribution is 5.57. The van der Waals surface area contributed by atoms with E-state index in [2.05, 4.69) is 20.6 Å². The quantitative estimate of drug-likeness (QED) is 0.392. The van der Waals surface area contributed by atoms with Crippen LogP contribution in [0, 0.1) is 17.5 Å². The Morgan fingerprint density at radius 1 is 1.11 bits per heavy atom. The maximum Gasteiger partial charge on any atom is 0.194 e. The second-order valence-corrected chi connectivity index (χ2v) is 9.13. The molecule has 5 atom stereocenters. The molecule has 1 aromatic carbocycles. The zero-order chi connectivity index (χ0) is 25.6. The van der Waals surface area contributed by atoms with Gasteiger partial charge in [0.1, 0.15) is 47.4 Å². The summed E-state index contributed by atoms with van der Waals surface area (Å²) in [5.41, 5.74) is -0.552. The van der Waals surface area contributed by atoms with Crippen molar-refractivity contribution in [1.82, 2.24) is 30.0 Å². The summed E-state index contributed by atoms with van der Waals surface area (Å²) in [4.78, 5) is 0. The Balaban J connectivity index is 1.42. The van der Waals surface area contributed by atoms with Crippen molar-refractivity contribution in [3.63, 3.8) is 0 Å². The first-order chi connectivity index (χ1) is 17.2. The van der Waals surface area contributed by atoms with E-state index in [1.54, 1.807) is 6.20 Å². The maximum atomic E-state index is 13.7. The average Bonchev–Trinajstić information content (AvgIpc) is 3.51. The molecule has 11 nitrogen and oxygen atoms in total. The number of rotatable bonds is 7. The molecule has 0 bridgehead atoms. The van der Waals surface area contributed by atoms with Crippen molar-refractivity contribution in [3.8, 4) is 11.3 Å². The number of aromatic nitrogens is 6. The van der Waals surface area contributed by atoms with E-state index in [4.69, 9.17) is 9.47 Å². The number of methoxy groups -OCH3 is 1. The molecule has 2 aliphatic rings. The van der Waals surface area contributed by atoms with Gasteiger partial charge in [0.25, 0.3) is 0 Å². The van der Waals surface area contributed by atoms with Crippen LogP contribution in [0.1, 0.15) is 31.0 Å². The largest absolute Gasteiger partial charge is 0.394 e. The van der Waals surface area contributed by atoms with Crippen LogP contribution in [-0.4, -0.2) is 83.4 Å². The van der Waals surface area contributed by atoms with Gasteiger partial charge in [-0.25, -0.2) is 22.5 Å². The van der Waals surface area contributed by atoms with Crippen LogP contribution in [0.15, 0.2) is 24.5 Å². The predicted octanol–water partition coefficient (Wildman–Crippen LogP) is 0.702. The molecule has 194 valence electrons. The van der Waals surface area contributed by atoms with Gasteiger partial charge < -0.3 is 24.8 Å². The molecule has 14 heteroatoms. The Bertz CT molecular complexity index is 1210. The van der Waals surface area contributed by atoms with Crippen molar-refractivity contribution < 1.29 is 38.0 Å². The summed E-state index contributed by atoms with van der Waals surface area (Å²) in [6, 6.07) is 0.665. The Morgan fingerprint density at radius 3 is 2.44 bits per heavy atom. The molecule has 3 aromatic rings. The van der Waals surface area contributed by atoms with Crippen molar-refractivity contribution in [3.05, 3.63) is 47.7 Å². The van der Waals surface area contributed by atoms with Gasteiger partial charge in [0, 0.05) is 12.7 Å². The third-order valence-electron chi connectivity index (χ3n) is 6.89. The lowest BCUT2D eigenvalue weighted by Gasteiger charge is -2.43. The first kappa shape index (κ1) is 24.8. The summed E-state index contributed by atoms with van der Waals surface area (Å²) >= 11 is 0. The van der Waals surface area contributed by atoms with Gasteiger partial charge in [-0.2, -0.15) is 0 Å². The van der Waals surface area contributed by atoms with Gasteiger partial charge in [0.05, 0.1) is 25.5 Å². The molecule has 1 saturated heterocycles. The van der Waals surface area contributed by atoms with Gasteiger partial charge in [-0.15, -0.1) is 10.2 Å². The summed E-state index contributed by atoms with van der Waals surface area (Å²) in [6.45, 7) is -0.389. The van der Waals surface area contributed by atoms with Gasteiger partial charge in [-0.1, -0.05) is 10.4 Å². The smallest absolute Gasteiger partial charge is 0.194 e. The van der Waals surface area contributed by atoms with Gasteiger partial charge in [-0.05, 0) is 31.4 Å². The molecular formula is C22H25F3N6O5. The van der Waals surface area contributed by atoms with Crippen molar-refractivity contribution >= 4 is 0 Å². The van der Waals surface area contributed by atoms with Crippen LogP contribution in [0.3, 0.4) is 0 Å². The highest BCUT2D eigenvalue weighted by Crippen LogP contribution is 2.40. The van der Waals surface area contributed by atoms with Crippen LogP contribution in [0.2, 0.25) is 0 Å². The van der Waals surface area contributed by atoms with Gasteiger partial charge in [-0.3, -0.25) is 0 Å². The SMILES string of the molecule is CO[C@@H]1[C@@H](n2cc(-c3cc(F)c(F)c(F)c3)nn2)[C@@H](O)[C@@H](CO)O[C@@H]1Cn1cc(C2(O)CCC2)nn1. The van der Waals surface area contributed by atoms with Gasteiger partial charge >= 0.3 is 0 Å². The number of ether oxygens (including phenoxy) is 2. The van der Waals surface area contributed by atoms with E-state index in [9.17, 15) is 28.5 Å². The molecule has 0 amide bonds. The summed E-state index contributed by atoms with van der Waals surface area (Å²) in [7, 11) is 1.41. The number of aliphatic hydroxyl groups excluding tert-OH is 2. The zero-order valence-corrected chi connectivity index (χ0v) is 19.2. The standard InChI is InChI=1S/C22H25F3N6O5/c1-35-21-15(8-30-9-17(27-28-30)22(34)3-2-4-22)36-16(10-32)20(33)19(21)31-7-14(26-29-31)11-5-12(23)18(25)13(24)6-11/h5-7,9,15-16,19-21,32-34H,2-4,8,10H2,1H3/t15-,16-,19+,20+,21+/m1/s1. The topological polar surface area (TPSA) is 141 Å². The minimum atomic E-state index is -1.60. The number of hydrogen-bond acceptors (Lipinski definition) is 9. The van der Waals surface area contributed by atoms with E-state index in [1.165, 1.54) is 22.7 Å². The van der Waals surface area contributed by atoms with Crippen molar-refractivity contribution in [2.45, 2.75) is 61.9 Å². The number of hydrogen-bond donors (Lipinski definition) is 3. The van der Waals surface area contributed by atoms with E-state index >= 15 is 0 Å². The van der Waals surface area contributed by atoms with E-state index in [0.29, 0.717) is 18.5 Å². The molecule has 5 rings (SSSR count). The number of nitrogens with zero attached hydrogens (tertiary/aromatic N) is 6. The summed E-state index contributed by atoms with van der Waals surface area (Å²) in [5, 5.41) is 47.3. The first-order valence-corrected chi connectivity index (χ1v) is 11.4. The average molecular weight is 510 g/mol. The third kappa shape index (κ3) is 4.28. The van der Waals surface area contributed by atoms with Crippen molar-refractivity contribution in [2.75, 3.05) is 13.7 Å². The van der Waals surface area contributed by atoms with Crippen LogP contribution < -0.4 is 0 Å². The molecule has 3 N–H and O–H groups in total. The molecule has 1 aliphatic heterocycles. The highest BCUT2D eigenvalue weighted by Gasteiger charge is 2.47. The Hall–Kier alpha value is -2.91. The summed E-state index contributed by atoms with van der Waals surface area (Å²) in [6.07, 6.45) is 1.20. The van der Waals surface area contributed by atoms with Crippen LogP contribution in [0.5, 0.6) is 0 Å². The Labute approximate surface area is 203 Å². The second kappa shape index (κ2) is 9.52. The second-order valence-electron chi connectivity index (χ2n) is 9.13. The Kier molecular flexibility index (Phi) is 6.55. The molecule has 2 aromatic heterocycles. The molecule has 36 heavy (non-hydrogen) atoms. The minimum Gasteiger partial charge on any atom is -0.394 e. The fourth-order valence-corrected chi connectivity index (χ4v) is 4.72. The summed E-state index contributed by atoms with van der Waals surface area (Å²) < 4.78 is 55.1. The van der Waals surface area contributed by atoms with Crippen molar-refractivity contribution in [2.24, 2.45) is 0 Å². The van der Waals surface area contributed by atoms with E-state index in [1.807, 2.05) is 0 Å².